The van der Waals surface area contributed by atoms with Crippen LogP contribution in [0, 0.1) is 6.92 Å². The summed E-state index contributed by atoms with van der Waals surface area (Å²) in [6.07, 6.45) is 7.46. The van der Waals surface area contributed by atoms with Crippen molar-refractivity contribution in [2.75, 3.05) is 0 Å². The van der Waals surface area contributed by atoms with Crippen molar-refractivity contribution < 1.29 is 4.74 Å². The van der Waals surface area contributed by atoms with E-state index in [9.17, 15) is 0 Å². The molecule has 4 rings (SSSR count). The molecule has 1 heteroatoms. The minimum atomic E-state index is 0.226. The Morgan fingerprint density at radius 2 is 1.95 bits per heavy atom. The first-order valence-corrected chi connectivity index (χ1v) is 7.36. The van der Waals surface area contributed by atoms with Crippen LogP contribution >= 0.6 is 0 Å². The third-order valence-corrected chi connectivity index (χ3v) is 4.51. The zero-order valence-corrected chi connectivity index (χ0v) is 11.7. The monoisotopic (exact) mass is 262 g/mol. The van der Waals surface area contributed by atoms with Crippen LogP contribution < -0.4 is 0 Å². The minimum absolute atomic E-state index is 0.226. The van der Waals surface area contributed by atoms with E-state index in [1.54, 1.807) is 0 Å². The molecule has 2 aliphatic rings. The maximum atomic E-state index is 5.89. The number of hydrogen-bond donors (Lipinski definition) is 0. The molecule has 0 fully saturated rings. The van der Waals surface area contributed by atoms with Crippen LogP contribution in [0.3, 0.4) is 0 Å². The number of rotatable bonds is 1. The Kier molecular flexibility index (Phi) is 2.66. The van der Waals surface area contributed by atoms with Crippen LogP contribution in [-0.4, -0.2) is 0 Å². The summed E-state index contributed by atoms with van der Waals surface area (Å²) in [7, 11) is 0. The predicted octanol–water partition coefficient (Wildman–Crippen LogP) is 4.93. The van der Waals surface area contributed by atoms with Crippen LogP contribution in [0.15, 0.2) is 48.7 Å². The molecule has 1 aliphatic carbocycles. The Labute approximate surface area is 119 Å². The molecule has 1 aliphatic heterocycles. The summed E-state index contributed by atoms with van der Waals surface area (Å²) in [5.41, 5.74) is 8.50. The quantitative estimate of drug-likeness (QED) is 0.604. The second-order valence-electron chi connectivity index (χ2n) is 5.73. The van der Waals surface area contributed by atoms with Gasteiger partial charge >= 0.3 is 0 Å². The van der Waals surface area contributed by atoms with Gasteiger partial charge in [-0.25, -0.2) is 0 Å². The fourth-order valence-electron chi connectivity index (χ4n) is 3.55. The van der Waals surface area contributed by atoms with Crippen molar-refractivity contribution in [3.05, 3.63) is 71.0 Å². The van der Waals surface area contributed by atoms with E-state index >= 15 is 0 Å². The van der Waals surface area contributed by atoms with E-state index in [1.165, 1.54) is 33.4 Å². The molecular formula is C19H18O. The van der Waals surface area contributed by atoms with Gasteiger partial charge in [-0.15, -0.1) is 0 Å². The van der Waals surface area contributed by atoms with Gasteiger partial charge in [0.05, 0.1) is 6.26 Å². The molecule has 20 heavy (non-hydrogen) atoms. The summed E-state index contributed by atoms with van der Waals surface area (Å²) in [6, 6.07) is 13.3. The highest BCUT2D eigenvalue weighted by atomic mass is 16.5. The summed E-state index contributed by atoms with van der Waals surface area (Å²) in [6.45, 7) is 2.21. The molecule has 2 aromatic carbocycles. The number of hydrogen-bond acceptors (Lipinski definition) is 1. The van der Waals surface area contributed by atoms with Gasteiger partial charge in [0.25, 0.3) is 0 Å². The van der Waals surface area contributed by atoms with Crippen molar-refractivity contribution in [2.45, 2.75) is 32.3 Å². The average molecular weight is 262 g/mol. The van der Waals surface area contributed by atoms with E-state index < -0.39 is 0 Å². The molecular weight excluding hydrogens is 244 g/mol. The van der Waals surface area contributed by atoms with Crippen LogP contribution in [0.4, 0.5) is 0 Å². The fourth-order valence-corrected chi connectivity index (χ4v) is 3.55. The number of ether oxygens (including phenoxy) is 1. The van der Waals surface area contributed by atoms with Crippen molar-refractivity contribution >= 4 is 0 Å². The highest BCUT2D eigenvalue weighted by molar-refractivity contribution is 5.78. The lowest BCUT2D eigenvalue weighted by Gasteiger charge is -2.24. The third kappa shape index (κ3) is 1.70. The van der Waals surface area contributed by atoms with Gasteiger partial charge < -0.3 is 4.74 Å². The number of aryl methyl sites for hydroxylation is 1. The molecule has 2 aromatic rings. The van der Waals surface area contributed by atoms with E-state index in [0.29, 0.717) is 0 Å². The Hall–Kier alpha value is -2.02. The first-order chi connectivity index (χ1) is 9.84. The highest BCUT2D eigenvalue weighted by Gasteiger charge is 2.26. The lowest BCUT2D eigenvalue weighted by Crippen LogP contribution is -2.09. The topological polar surface area (TPSA) is 9.23 Å². The summed E-state index contributed by atoms with van der Waals surface area (Å²) in [5, 5.41) is 0. The average Bonchev–Trinajstić information content (AvgIpc) is 2.86. The van der Waals surface area contributed by atoms with Gasteiger partial charge in [-0.2, -0.15) is 0 Å². The van der Waals surface area contributed by atoms with Crippen molar-refractivity contribution in [3.63, 3.8) is 0 Å². The van der Waals surface area contributed by atoms with Crippen LogP contribution in [0.2, 0.25) is 0 Å². The van der Waals surface area contributed by atoms with E-state index in [2.05, 4.69) is 49.4 Å². The van der Waals surface area contributed by atoms with Crippen molar-refractivity contribution in [1.29, 1.82) is 0 Å². The van der Waals surface area contributed by atoms with Gasteiger partial charge in [-0.1, -0.05) is 36.4 Å². The molecule has 0 aromatic heterocycles. The summed E-state index contributed by atoms with van der Waals surface area (Å²) >= 11 is 0. The van der Waals surface area contributed by atoms with Gasteiger partial charge in [0.2, 0.25) is 0 Å². The summed E-state index contributed by atoms with van der Waals surface area (Å²) < 4.78 is 5.89. The van der Waals surface area contributed by atoms with E-state index in [-0.39, 0.29) is 6.10 Å². The first kappa shape index (κ1) is 11.8. The molecule has 1 unspecified atom stereocenters. The van der Waals surface area contributed by atoms with Crippen molar-refractivity contribution in [1.82, 2.24) is 0 Å². The Morgan fingerprint density at radius 1 is 1.05 bits per heavy atom. The molecule has 0 amide bonds. The number of benzene rings is 2. The van der Waals surface area contributed by atoms with Crippen LogP contribution in [0.25, 0.3) is 11.1 Å². The second kappa shape index (κ2) is 4.52. The minimum Gasteiger partial charge on any atom is -0.494 e. The molecule has 1 atom stereocenters. The molecule has 0 N–H and O–H groups in total. The Balaban J connectivity index is 1.87. The normalized spacial score (nSPS) is 19.4. The zero-order chi connectivity index (χ0) is 13.5. The van der Waals surface area contributed by atoms with Crippen molar-refractivity contribution in [2.24, 2.45) is 0 Å². The van der Waals surface area contributed by atoms with E-state index in [4.69, 9.17) is 4.74 Å². The lowest BCUT2D eigenvalue weighted by atomic mass is 9.90. The standard InChI is InChI=1S/C19H18O/c1-13-9-10-16-15-7-3-2-6-14(15)12-17(16)19(13)18-8-4-5-11-20-18/h2-3,5-7,9-11,18H,4,8,12H2,1H3. The smallest absolute Gasteiger partial charge is 0.124 e. The van der Waals surface area contributed by atoms with E-state index in [0.717, 1.165) is 19.3 Å². The second-order valence-corrected chi connectivity index (χ2v) is 5.73. The van der Waals surface area contributed by atoms with Crippen molar-refractivity contribution in [3.8, 4) is 11.1 Å². The van der Waals surface area contributed by atoms with Crippen LogP contribution in [-0.2, 0) is 11.2 Å². The van der Waals surface area contributed by atoms with Gasteiger partial charge in [-0.05, 0) is 65.6 Å². The van der Waals surface area contributed by atoms with Gasteiger partial charge in [0, 0.05) is 0 Å². The van der Waals surface area contributed by atoms with Crippen LogP contribution in [0.5, 0.6) is 0 Å². The maximum Gasteiger partial charge on any atom is 0.124 e. The molecule has 0 saturated carbocycles. The first-order valence-electron chi connectivity index (χ1n) is 7.36. The van der Waals surface area contributed by atoms with Gasteiger partial charge in [0.15, 0.2) is 0 Å². The van der Waals surface area contributed by atoms with Gasteiger partial charge in [0.1, 0.15) is 6.10 Å². The molecule has 0 bridgehead atoms. The zero-order valence-electron chi connectivity index (χ0n) is 11.7. The molecule has 0 spiro atoms. The summed E-state index contributed by atoms with van der Waals surface area (Å²) in [4.78, 5) is 0. The van der Waals surface area contributed by atoms with Crippen LogP contribution in [0.1, 0.15) is 41.2 Å². The van der Waals surface area contributed by atoms with Gasteiger partial charge in [-0.3, -0.25) is 0 Å². The molecule has 1 nitrogen and oxygen atoms in total. The maximum absolute atomic E-state index is 5.89. The molecule has 100 valence electrons. The number of allylic oxidation sites excluding steroid dienone is 1. The molecule has 0 saturated heterocycles. The SMILES string of the molecule is Cc1ccc2c(c1C1CCC=CO1)Cc1ccccc1-2. The Bertz CT molecular complexity index is 697. The van der Waals surface area contributed by atoms with E-state index in [1.807, 2.05) is 6.26 Å². The third-order valence-electron chi connectivity index (χ3n) is 4.51. The lowest BCUT2D eigenvalue weighted by molar-refractivity contribution is 0.124. The predicted molar refractivity (Wildman–Crippen MR) is 81.6 cm³/mol. The Morgan fingerprint density at radius 3 is 2.80 bits per heavy atom. The number of fused-ring (bicyclic) bond motifs is 3. The molecule has 0 radical (unpaired) electrons. The fraction of sp³-hybridized carbons (Fsp3) is 0.263. The summed E-state index contributed by atoms with van der Waals surface area (Å²) in [5.74, 6) is 0. The highest BCUT2D eigenvalue weighted by Crippen LogP contribution is 2.43. The molecule has 1 heterocycles. The largest absolute Gasteiger partial charge is 0.494 e.